The van der Waals surface area contributed by atoms with E-state index in [1.54, 1.807) is 0 Å². The molecule has 0 saturated carbocycles. The third kappa shape index (κ3) is 2.21. The Morgan fingerprint density at radius 3 is 3.00 bits per heavy atom. The van der Waals surface area contributed by atoms with Gasteiger partial charge in [-0.05, 0) is 20.3 Å². The lowest BCUT2D eigenvalue weighted by molar-refractivity contribution is 0.113. The number of ether oxygens (including phenoxy) is 1. The van der Waals surface area contributed by atoms with Crippen molar-refractivity contribution in [2.45, 2.75) is 39.0 Å². The van der Waals surface area contributed by atoms with Crippen LogP contribution >= 0.6 is 0 Å². The molecule has 1 N–H and O–H groups in total. The van der Waals surface area contributed by atoms with Gasteiger partial charge in [-0.15, -0.1) is 0 Å². The van der Waals surface area contributed by atoms with Crippen LogP contribution in [-0.2, 0) is 18.3 Å². The zero-order valence-corrected chi connectivity index (χ0v) is 9.66. The molecule has 2 atom stereocenters. The highest BCUT2D eigenvalue weighted by Gasteiger charge is 2.23. The van der Waals surface area contributed by atoms with Crippen LogP contribution in [0, 0.1) is 6.92 Å². The van der Waals surface area contributed by atoms with E-state index >= 15 is 0 Å². The van der Waals surface area contributed by atoms with Crippen LogP contribution in [0.1, 0.15) is 24.6 Å². The van der Waals surface area contributed by atoms with E-state index in [0.29, 0.717) is 12.1 Å². The predicted molar refractivity (Wildman–Crippen MR) is 58.6 cm³/mol. The molecule has 1 aliphatic heterocycles. The van der Waals surface area contributed by atoms with Gasteiger partial charge in [0, 0.05) is 37.5 Å². The van der Waals surface area contributed by atoms with Crippen molar-refractivity contribution in [3.8, 4) is 0 Å². The maximum absolute atomic E-state index is 5.51. The zero-order valence-electron chi connectivity index (χ0n) is 9.66. The first-order valence-corrected chi connectivity index (χ1v) is 5.51. The monoisotopic (exact) mass is 209 g/mol. The van der Waals surface area contributed by atoms with Crippen LogP contribution in [0.4, 0.5) is 0 Å². The van der Waals surface area contributed by atoms with Crippen molar-refractivity contribution in [2.24, 2.45) is 7.05 Å². The Kier molecular flexibility index (Phi) is 3.07. The molecule has 1 aliphatic rings. The summed E-state index contributed by atoms with van der Waals surface area (Å²) in [6.45, 7) is 5.99. The van der Waals surface area contributed by atoms with Crippen molar-refractivity contribution in [2.75, 3.05) is 6.61 Å². The molecule has 0 amide bonds. The largest absolute Gasteiger partial charge is 0.377 e. The molecule has 4 nitrogen and oxygen atoms in total. The Balaban J connectivity index is 1.90. The molecular formula is C11H19N3O. The van der Waals surface area contributed by atoms with Gasteiger partial charge in [0.05, 0.1) is 12.3 Å². The second-order valence-electron chi connectivity index (χ2n) is 4.23. The Morgan fingerprint density at radius 1 is 1.67 bits per heavy atom. The van der Waals surface area contributed by atoms with Gasteiger partial charge in [0.2, 0.25) is 0 Å². The van der Waals surface area contributed by atoms with Crippen LogP contribution in [-0.4, -0.2) is 28.5 Å². The van der Waals surface area contributed by atoms with Crippen molar-refractivity contribution in [3.05, 3.63) is 17.5 Å². The molecule has 0 bridgehead atoms. The van der Waals surface area contributed by atoms with Gasteiger partial charge in [-0.25, -0.2) is 0 Å². The van der Waals surface area contributed by atoms with E-state index in [0.717, 1.165) is 19.6 Å². The van der Waals surface area contributed by atoms with Gasteiger partial charge in [0.25, 0.3) is 0 Å². The third-order valence-corrected chi connectivity index (χ3v) is 3.27. The lowest BCUT2D eigenvalue weighted by Gasteiger charge is -2.15. The number of nitrogens with one attached hydrogen (secondary N) is 1. The first-order chi connectivity index (χ1) is 7.18. The minimum atomic E-state index is 0.335. The van der Waals surface area contributed by atoms with Crippen molar-refractivity contribution >= 4 is 0 Å². The molecule has 0 aromatic carbocycles. The van der Waals surface area contributed by atoms with E-state index in [2.05, 4.69) is 24.3 Å². The van der Waals surface area contributed by atoms with E-state index in [9.17, 15) is 0 Å². The molecule has 15 heavy (non-hydrogen) atoms. The summed E-state index contributed by atoms with van der Waals surface area (Å²) in [7, 11) is 1.97. The fourth-order valence-electron chi connectivity index (χ4n) is 1.96. The van der Waals surface area contributed by atoms with Crippen molar-refractivity contribution in [1.82, 2.24) is 15.1 Å². The van der Waals surface area contributed by atoms with Crippen LogP contribution in [0.25, 0.3) is 0 Å². The van der Waals surface area contributed by atoms with Crippen molar-refractivity contribution < 1.29 is 4.74 Å². The predicted octanol–water partition coefficient (Wildman–Crippen LogP) is 0.996. The Morgan fingerprint density at radius 2 is 2.47 bits per heavy atom. The van der Waals surface area contributed by atoms with Gasteiger partial charge in [-0.1, -0.05) is 0 Å². The highest BCUT2D eigenvalue weighted by Crippen LogP contribution is 2.14. The first-order valence-electron chi connectivity index (χ1n) is 5.51. The van der Waals surface area contributed by atoms with Crippen LogP contribution in [0.5, 0.6) is 0 Å². The maximum Gasteiger partial charge on any atom is 0.0700 e. The molecule has 2 rings (SSSR count). The number of hydrogen-bond acceptors (Lipinski definition) is 3. The molecule has 1 fully saturated rings. The lowest BCUT2D eigenvalue weighted by atomic mass is 10.1. The Bertz CT molecular complexity index is 335. The van der Waals surface area contributed by atoms with E-state index in [1.807, 2.05) is 17.9 Å². The maximum atomic E-state index is 5.51. The molecule has 2 heterocycles. The van der Waals surface area contributed by atoms with E-state index in [1.165, 1.54) is 11.3 Å². The van der Waals surface area contributed by atoms with Gasteiger partial charge < -0.3 is 10.1 Å². The average Bonchev–Trinajstić information content (AvgIpc) is 2.74. The van der Waals surface area contributed by atoms with Crippen molar-refractivity contribution in [1.29, 1.82) is 0 Å². The number of aromatic nitrogens is 2. The molecule has 4 heteroatoms. The lowest BCUT2D eigenvalue weighted by Crippen LogP contribution is -2.34. The summed E-state index contributed by atoms with van der Waals surface area (Å²) in [5.74, 6) is 0. The molecule has 2 unspecified atom stereocenters. The quantitative estimate of drug-likeness (QED) is 0.807. The highest BCUT2D eigenvalue weighted by molar-refractivity contribution is 5.15. The van der Waals surface area contributed by atoms with Crippen LogP contribution in [0.15, 0.2) is 6.20 Å². The Hall–Kier alpha value is -0.870. The summed E-state index contributed by atoms with van der Waals surface area (Å²) < 4.78 is 7.41. The number of rotatable bonds is 3. The summed E-state index contributed by atoms with van der Waals surface area (Å²) in [6.07, 6.45) is 3.38. The minimum Gasteiger partial charge on any atom is -0.377 e. The molecule has 0 aliphatic carbocycles. The van der Waals surface area contributed by atoms with Crippen LogP contribution in [0.2, 0.25) is 0 Å². The Labute approximate surface area is 90.6 Å². The fourth-order valence-corrected chi connectivity index (χ4v) is 1.96. The summed E-state index contributed by atoms with van der Waals surface area (Å²) >= 11 is 0. The van der Waals surface area contributed by atoms with Gasteiger partial charge >= 0.3 is 0 Å². The van der Waals surface area contributed by atoms with Gasteiger partial charge in [-0.3, -0.25) is 4.68 Å². The van der Waals surface area contributed by atoms with Crippen LogP contribution in [0.3, 0.4) is 0 Å². The number of hydrogen-bond donors (Lipinski definition) is 1. The van der Waals surface area contributed by atoms with E-state index in [4.69, 9.17) is 4.74 Å². The normalized spacial score (nSPS) is 26.1. The highest BCUT2D eigenvalue weighted by atomic mass is 16.5. The number of nitrogens with zero attached hydrogens (tertiary/aromatic N) is 2. The second kappa shape index (κ2) is 4.33. The van der Waals surface area contributed by atoms with Gasteiger partial charge in [-0.2, -0.15) is 5.10 Å². The van der Waals surface area contributed by atoms with Gasteiger partial charge in [0.15, 0.2) is 0 Å². The smallest absolute Gasteiger partial charge is 0.0700 e. The number of aryl methyl sites for hydroxylation is 1. The third-order valence-electron chi connectivity index (χ3n) is 3.27. The SMILES string of the molecule is Cc1c(CNC2CCOC2C)cnn1C. The molecule has 1 aromatic heterocycles. The minimum absolute atomic E-state index is 0.335. The standard InChI is InChI=1S/C11H19N3O/c1-8-10(7-13-14(8)3)6-12-11-4-5-15-9(11)2/h7,9,11-12H,4-6H2,1-3H3. The summed E-state index contributed by atoms with van der Waals surface area (Å²) in [5, 5.41) is 7.75. The second-order valence-corrected chi connectivity index (χ2v) is 4.23. The molecule has 1 saturated heterocycles. The van der Waals surface area contributed by atoms with Crippen LogP contribution < -0.4 is 5.32 Å². The molecule has 84 valence electrons. The van der Waals surface area contributed by atoms with E-state index < -0.39 is 0 Å². The van der Waals surface area contributed by atoms with Crippen molar-refractivity contribution in [3.63, 3.8) is 0 Å². The average molecular weight is 209 g/mol. The molecule has 0 radical (unpaired) electrons. The molecule has 1 aromatic rings. The summed E-state index contributed by atoms with van der Waals surface area (Å²) in [4.78, 5) is 0. The van der Waals surface area contributed by atoms with E-state index in [-0.39, 0.29) is 0 Å². The topological polar surface area (TPSA) is 39.1 Å². The zero-order chi connectivity index (χ0) is 10.8. The van der Waals surface area contributed by atoms with Gasteiger partial charge in [0.1, 0.15) is 0 Å². The fraction of sp³-hybridized carbons (Fsp3) is 0.727. The summed E-state index contributed by atoms with van der Waals surface area (Å²) in [5.41, 5.74) is 2.51. The molecular weight excluding hydrogens is 190 g/mol. The first kappa shape index (κ1) is 10.6. The summed E-state index contributed by atoms with van der Waals surface area (Å²) in [6, 6.07) is 0.490. The molecule has 0 spiro atoms.